The maximum atomic E-state index is 12.7. The van der Waals surface area contributed by atoms with E-state index >= 15 is 0 Å². The largest absolute Gasteiger partial charge is 0.340 e. The molecule has 0 saturated carbocycles. The summed E-state index contributed by atoms with van der Waals surface area (Å²) in [5, 5.41) is 17.2. The minimum absolute atomic E-state index is 0.102. The molecule has 9 heteroatoms. The fraction of sp³-hybridized carbons (Fsp3) is 0.500. The van der Waals surface area contributed by atoms with Crippen LogP contribution in [-0.2, 0) is 24.9 Å². The molecule has 0 spiro atoms. The SMILES string of the molecule is Cc1ccnn1CC(=O)N1CCC[C@@H](c2nnc(Cn3cccn3)n2C)C1. The van der Waals surface area contributed by atoms with Crippen molar-refractivity contribution in [3.05, 3.63) is 48.1 Å². The lowest BCUT2D eigenvalue weighted by Gasteiger charge is -2.32. The zero-order valence-electron chi connectivity index (χ0n) is 15.7. The highest BCUT2D eigenvalue weighted by atomic mass is 16.2. The van der Waals surface area contributed by atoms with Crippen molar-refractivity contribution in [1.29, 1.82) is 0 Å². The van der Waals surface area contributed by atoms with Gasteiger partial charge in [-0.3, -0.25) is 14.2 Å². The molecule has 4 rings (SSSR count). The van der Waals surface area contributed by atoms with E-state index in [1.165, 1.54) is 0 Å². The van der Waals surface area contributed by atoms with Crippen molar-refractivity contribution in [1.82, 2.24) is 39.2 Å². The smallest absolute Gasteiger partial charge is 0.244 e. The molecular formula is C18H24N8O. The number of hydrogen-bond acceptors (Lipinski definition) is 5. The second-order valence-corrected chi connectivity index (χ2v) is 7.05. The third-order valence-corrected chi connectivity index (χ3v) is 5.21. The van der Waals surface area contributed by atoms with Crippen molar-refractivity contribution in [2.24, 2.45) is 7.05 Å². The van der Waals surface area contributed by atoms with Gasteiger partial charge in [-0.1, -0.05) is 0 Å². The summed E-state index contributed by atoms with van der Waals surface area (Å²) < 4.78 is 5.62. The highest BCUT2D eigenvalue weighted by Gasteiger charge is 2.28. The number of aryl methyl sites for hydroxylation is 1. The Labute approximate surface area is 157 Å². The Kier molecular flexibility index (Phi) is 4.74. The molecule has 9 nitrogen and oxygen atoms in total. The second-order valence-electron chi connectivity index (χ2n) is 7.05. The summed E-state index contributed by atoms with van der Waals surface area (Å²) in [5.41, 5.74) is 0.994. The molecule has 1 atom stereocenters. The van der Waals surface area contributed by atoms with Crippen LogP contribution < -0.4 is 0 Å². The molecule has 0 N–H and O–H groups in total. The lowest BCUT2D eigenvalue weighted by Crippen LogP contribution is -2.41. The zero-order valence-corrected chi connectivity index (χ0v) is 15.7. The Balaban J connectivity index is 1.44. The lowest BCUT2D eigenvalue weighted by atomic mass is 9.97. The van der Waals surface area contributed by atoms with Crippen LogP contribution in [0.15, 0.2) is 30.7 Å². The molecule has 3 aromatic heterocycles. The van der Waals surface area contributed by atoms with Crippen LogP contribution in [0.1, 0.15) is 36.1 Å². The van der Waals surface area contributed by atoms with Gasteiger partial charge in [0.25, 0.3) is 0 Å². The van der Waals surface area contributed by atoms with E-state index in [0.29, 0.717) is 13.1 Å². The lowest BCUT2D eigenvalue weighted by molar-refractivity contribution is -0.133. The minimum atomic E-state index is 0.102. The van der Waals surface area contributed by atoms with E-state index in [1.54, 1.807) is 17.1 Å². The maximum absolute atomic E-state index is 12.7. The van der Waals surface area contributed by atoms with Gasteiger partial charge < -0.3 is 9.47 Å². The summed E-state index contributed by atoms with van der Waals surface area (Å²) in [6.45, 7) is 4.29. The molecule has 1 saturated heterocycles. The third kappa shape index (κ3) is 3.62. The van der Waals surface area contributed by atoms with Gasteiger partial charge in [0.2, 0.25) is 5.91 Å². The van der Waals surface area contributed by atoms with Crippen LogP contribution >= 0.6 is 0 Å². The molecule has 142 valence electrons. The van der Waals surface area contributed by atoms with Crippen LogP contribution in [0, 0.1) is 6.92 Å². The van der Waals surface area contributed by atoms with Gasteiger partial charge in [0.15, 0.2) is 5.82 Å². The van der Waals surface area contributed by atoms with E-state index in [9.17, 15) is 4.79 Å². The number of aromatic nitrogens is 7. The fourth-order valence-electron chi connectivity index (χ4n) is 3.61. The molecule has 0 aromatic carbocycles. The Morgan fingerprint density at radius 3 is 2.89 bits per heavy atom. The van der Waals surface area contributed by atoms with E-state index in [4.69, 9.17) is 0 Å². The second kappa shape index (κ2) is 7.34. The van der Waals surface area contributed by atoms with Crippen molar-refractivity contribution < 1.29 is 4.79 Å². The van der Waals surface area contributed by atoms with E-state index < -0.39 is 0 Å². The average Bonchev–Trinajstić information content (AvgIpc) is 3.40. The van der Waals surface area contributed by atoms with Crippen molar-refractivity contribution in [2.45, 2.75) is 38.8 Å². The third-order valence-electron chi connectivity index (χ3n) is 5.21. The highest BCUT2D eigenvalue weighted by Crippen LogP contribution is 2.26. The predicted molar refractivity (Wildman–Crippen MR) is 97.9 cm³/mol. The summed E-state index contributed by atoms with van der Waals surface area (Å²) in [6.07, 6.45) is 7.37. The number of hydrogen-bond donors (Lipinski definition) is 0. The van der Waals surface area contributed by atoms with Gasteiger partial charge in [-0.25, -0.2) is 0 Å². The maximum Gasteiger partial charge on any atom is 0.244 e. The fourth-order valence-corrected chi connectivity index (χ4v) is 3.61. The van der Waals surface area contributed by atoms with Crippen molar-refractivity contribution >= 4 is 5.91 Å². The summed E-state index contributed by atoms with van der Waals surface area (Å²) in [5.74, 6) is 2.10. The first kappa shape index (κ1) is 17.4. The summed E-state index contributed by atoms with van der Waals surface area (Å²) >= 11 is 0. The first-order valence-electron chi connectivity index (χ1n) is 9.23. The number of rotatable bonds is 5. The first-order valence-corrected chi connectivity index (χ1v) is 9.23. The molecule has 1 fully saturated rings. The Morgan fingerprint density at radius 2 is 2.15 bits per heavy atom. The average molecular weight is 368 g/mol. The molecule has 4 heterocycles. The van der Waals surface area contributed by atoms with E-state index in [-0.39, 0.29) is 18.4 Å². The molecule has 27 heavy (non-hydrogen) atoms. The van der Waals surface area contributed by atoms with Crippen molar-refractivity contribution in [3.8, 4) is 0 Å². The van der Waals surface area contributed by atoms with E-state index in [1.807, 2.05) is 46.4 Å². The van der Waals surface area contributed by atoms with Crippen LogP contribution in [0.2, 0.25) is 0 Å². The molecule has 0 bridgehead atoms. The topological polar surface area (TPSA) is 86.7 Å². The molecular weight excluding hydrogens is 344 g/mol. The van der Waals surface area contributed by atoms with Gasteiger partial charge in [-0.15, -0.1) is 10.2 Å². The van der Waals surface area contributed by atoms with Gasteiger partial charge in [0, 0.05) is 50.3 Å². The van der Waals surface area contributed by atoms with E-state index in [0.717, 1.165) is 36.7 Å². The van der Waals surface area contributed by atoms with Crippen LogP contribution in [0.5, 0.6) is 0 Å². The summed E-state index contributed by atoms with van der Waals surface area (Å²) in [7, 11) is 1.99. The molecule has 3 aromatic rings. The monoisotopic (exact) mass is 368 g/mol. The van der Waals surface area contributed by atoms with Crippen LogP contribution in [0.3, 0.4) is 0 Å². The standard InChI is InChI=1S/C18H24N8O/c1-14-6-8-20-26(14)13-17(27)24-9-3-5-15(11-24)18-22-21-16(23(18)2)12-25-10-4-7-19-25/h4,6-8,10,15H,3,5,9,11-13H2,1-2H3/t15-/m1/s1. The van der Waals surface area contributed by atoms with Gasteiger partial charge in [0.05, 0.1) is 0 Å². The molecule has 0 unspecified atom stereocenters. The number of carbonyl (C=O) groups is 1. The van der Waals surface area contributed by atoms with Gasteiger partial charge in [0.1, 0.15) is 18.9 Å². The van der Waals surface area contributed by atoms with Crippen LogP contribution in [0.4, 0.5) is 0 Å². The highest BCUT2D eigenvalue weighted by molar-refractivity contribution is 5.76. The molecule has 0 radical (unpaired) electrons. The van der Waals surface area contributed by atoms with Crippen molar-refractivity contribution in [3.63, 3.8) is 0 Å². The van der Waals surface area contributed by atoms with Crippen LogP contribution in [0.25, 0.3) is 0 Å². The van der Waals surface area contributed by atoms with Crippen LogP contribution in [-0.4, -0.2) is 58.2 Å². The number of nitrogens with zero attached hydrogens (tertiary/aromatic N) is 8. The number of likely N-dealkylation sites (tertiary alicyclic amines) is 1. The van der Waals surface area contributed by atoms with E-state index in [2.05, 4.69) is 20.4 Å². The summed E-state index contributed by atoms with van der Waals surface area (Å²) in [4.78, 5) is 14.6. The minimum Gasteiger partial charge on any atom is -0.340 e. The van der Waals surface area contributed by atoms with Gasteiger partial charge in [-0.05, 0) is 31.9 Å². The Hall–Kier alpha value is -2.97. The number of piperidine rings is 1. The van der Waals surface area contributed by atoms with Gasteiger partial charge in [-0.2, -0.15) is 10.2 Å². The molecule has 1 amide bonds. The Morgan fingerprint density at radius 1 is 1.26 bits per heavy atom. The summed E-state index contributed by atoms with van der Waals surface area (Å²) in [6, 6.07) is 3.80. The first-order chi connectivity index (χ1) is 13.1. The number of amides is 1. The molecule has 0 aliphatic carbocycles. The zero-order chi connectivity index (χ0) is 18.8. The number of carbonyl (C=O) groups excluding carboxylic acids is 1. The molecule has 1 aliphatic rings. The van der Waals surface area contributed by atoms with Crippen molar-refractivity contribution in [2.75, 3.05) is 13.1 Å². The Bertz CT molecular complexity index is 910. The quantitative estimate of drug-likeness (QED) is 0.670. The molecule has 1 aliphatic heterocycles. The normalized spacial score (nSPS) is 17.4. The predicted octanol–water partition coefficient (Wildman–Crippen LogP) is 0.971. The van der Waals surface area contributed by atoms with Gasteiger partial charge >= 0.3 is 0 Å².